The van der Waals surface area contributed by atoms with Crippen molar-refractivity contribution < 1.29 is 4.74 Å². The van der Waals surface area contributed by atoms with Crippen LogP contribution in [0.1, 0.15) is 31.9 Å². The average Bonchev–Trinajstić information content (AvgIpc) is 2.35. The molecule has 2 aromatic rings. The normalized spacial score (nSPS) is 11.5. The fraction of sp³-hybridized carbons (Fsp3) is 0.357. The molecule has 0 N–H and O–H groups in total. The first-order valence-corrected chi connectivity index (χ1v) is 6.87. The fourth-order valence-corrected chi connectivity index (χ4v) is 1.91. The van der Waals surface area contributed by atoms with Crippen molar-refractivity contribution in [2.24, 2.45) is 0 Å². The van der Waals surface area contributed by atoms with Gasteiger partial charge in [-0.2, -0.15) is 4.98 Å². The lowest BCUT2D eigenvalue weighted by Crippen LogP contribution is -2.11. The molecule has 0 saturated heterocycles. The molecule has 0 aliphatic heterocycles. The van der Waals surface area contributed by atoms with Gasteiger partial charge in [0.2, 0.25) is 10.4 Å². The number of benzene rings is 1. The molecule has 0 saturated carbocycles. The molecule has 0 atom stereocenters. The molecule has 1 aromatic heterocycles. The molecule has 0 fully saturated rings. The first-order valence-electron chi connectivity index (χ1n) is 6.12. The lowest BCUT2D eigenvalue weighted by Gasteiger charge is -2.20. The Kier molecular flexibility index (Phi) is 4.16. The van der Waals surface area contributed by atoms with Gasteiger partial charge in [-0.05, 0) is 41.1 Å². The summed E-state index contributed by atoms with van der Waals surface area (Å²) in [6, 6.07) is 5.99. The van der Waals surface area contributed by atoms with Crippen LogP contribution in [-0.4, -0.2) is 15.2 Å². The first-order chi connectivity index (χ1) is 9.27. The van der Waals surface area contributed by atoms with Gasteiger partial charge in [-0.3, -0.25) is 0 Å². The highest BCUT2D eigenvalue weighted by Crippen LogP contribution is 2.31. The smallest absolute Gasteiger partial charge is 0.262 e. The van der Waals surface area contributed by atoms with Crippen molar-refractivity contribution in [3.05, 3.63) is 39.8 Å². The van der Waals surface area contributed by atoms with Crippen molar-refractivity contribution in [3.8, 4) is 11.6 Å². The topological polar surface area (TPSA) is 47.9 Å². The molecule has 2 rings (SSSR count). The molecule has 1 heterocycles. The summed E-state index contributed by atoms with van der Waals surface area (Å²) in [4.78, 5) is 3.92. The maximum atomic E-state index is 5.88. The predicted octanol–water partition coefficient (Wildman–Crippen LogP) is 4.58. The van der Waals surface area contributed by atoms with Gasteiger partial charge in [-0.15, -0.1) is 10.2 Å². The van der Waals surface area contributed by atoms with Crippen LogP contribution < -0.4 is 4.74 Å². The molecule has 0 radical (unpaired) electrons. The molecule has 0 aliphatic rings. The standard InChI is InChI=1S/C14H15Cl2N3O/c1-8-7-9(14(2,3)4)5-6-10(8)20-12-11(15)18-19-13(16)17-12/h5-7H,1-4H3. The zero-order valence-corrected chi connectivity index (χ0v) is 13.2. The number of hydrogen-bond acceptors (Lipinski definition) is 4. The minimum Gasteiger partial charge on any atom is -0.436 e. The van der Waals surface area contributed by atoms with E-state index in [-0.39, 0.29) is 21.7 Å². The quantitative estimate of drug-likeness (QED) is 0.814. The highest BCUT2D eigenvalue weighted by atomic mass is 35.5. The molecule has 0 bridgehead atoms. The van der Waals surface area contributed by atoms with Crippen LogP contribution in [0.2, 0.25) is 10.4 Å². The summed E-state index contributed by atoms with van der Waals surface area (Å²) < 4.78 is 5.66. The Morgan fingerprint density at radius 3 is 2.40 bits per heavy atom. The van der Waals surface area contributed by atoms with Crippen LogP contribution in [0.3, 0.4) is 0 Å². The van der Waals surface area contributed by atoms with E-state index in [0.717, 1.165) is 5.56 Å². The highest BCUT2D eigenvalue weighted by molar-refractivity contribution is 6.31. The summed E-state index contributed by atoms with van der Waals surface area (Å²) in [5, 5.41) is 7.27. The Labute approximate surface area is 128 Å². The van der Waals surface area contributed by atoms with E-state index in [4.69, 9.17) is 27.9 Å². The number of ether oxygens (including phenoxy) is 1. The third-order valence-corrected chi connectivity index (χ3v) is 3.24. The Morgan fingerprint density at radius 2 is 1.80 bits per heavy atom. The van der Waals surface area contributed by atoms with Gasteiger partial charge in [-0.1, -0.05) is 44.5 Å². The maximum Gasteiger partial charge on any atom is 0.262 e. The van der Waals surface area contributed by atoms with E-state index < -0.39 is 0 Å². The highest BCUT2D eigenvalue weighted by Gasteiger charge is 2.16. The molecule has 0 aliphatic carbocycles. The van der Waals surface area contributed by atoms with Gasteiger partial charge in [0.15, 0.2) is 0 Å². The number of nitrogens with zero attached hydrogens (tertiary/aromatic N) is 3. The van der Waals surface area contributed by atoms with Crippen LogP contribution in [-0.2, 0) is 5.41 Å². The lowest BCUT2D eigenvalue weighted by molar-refractivity contribution is 0.453. The largest absolute Gasteiger partial charge is 0.436 e. The monoisotopic (exact) mass is 311 g/mol. The third-order valence-electron chi connectivity index (χ3n) is 2.84. The Morgan fingerprint density at radius 1 is 1.10 bits per heavy atom. The molecule has 106 valence electrons. The minimum absolute atomic E-state index is 0.00614. The van der Waals surface area contributed by atoms with Gasteiger partial charge in [-0.25, -0.2) is 0 Å². The van der Waals surface area contributed by atoms with Gasteiger partial charge >= 0.3 is 0 Å². The van der Waals surface area contributed by atoms with E-state index in [1.807, 2.05) is 19.1 Å². The van der Waals surface area contributed by atoms with E-state index in [1.54, 1.807) is 0 Å². The second kappa shape index (κ2) is 5.54. The van der Waals surface area contributed by atoms with Crippen molar-refractivity contribution in [2.75, 3.05) is 0 Å². The lowest BCUT2D eigenvalue weighted by atomic mass is 9.86. The van der Waals surface area contributed by atoms with Crippen molar-refractivity contribution in [3.63, 3.8) is 0 Å². The van der Waals surface area contributed by atoms with Crippen LogP contribution >= 0.6 is 23.2 Å². The average molecular weight is 312 g/mol. The summed E-state index contributed by atoms with van der Waals surface area (Å²) in [5.41, 5.74) is 2.30. The van der Waals surface area contributed by atoms with E-state index in [2.05, 4.69) is 42.0 Å². The van der Waals surface area contributed by atoms with Crippen molar-refractivity contribution in [1.82, 2.24) is 15.2 Å². The van der Waals surface area contributed by atoms with Gasteiger partial charge in [0, 0.05) is 0 Å². The molecular weight excluding hydrogens is 297 g/mol. The van der Waals surface area contributed by atoms with Crippen LogP contribution in [0.15, 0.2) is 18.2 Å². The van der Waals surface area contributed by atoms with Gasteiger partial charge < -0.3 is 4.74 Å². The second-order valence-corrected chi connectivity index (χ2v) is 6.21. The second-order valence-electron chi connectivity index (χ2n) is 5.51. The van der Waals surface area contributed by atoms with E-state index in [1.165, 1.54) is 5.56 Å². The Hall–Kier alpha value is -1.39. The number of aryl methyl sites for hydroxylation is 1. The Bertz CT molecular complexity index is 639. The van der Waals surface area contributed by atoms with E-state index >= 15 is 0 Å². The maximum absolute atomic E-state index is 5.88. The van der Waals surface area contributed by atoms with Gasteiger partial charge in [0.1, 0.15) is 5.75 Å². The van der Waals surface area contributed by atoms with Crippen molar-refractivity contribution in [2.45, 2.75) is 33.1 Å². The van der Waals surface area contributed by atoms with E-state index in [9.17, 15) is 0 Å². The molecule has 0 unspecified atom stereocenters. The summed E-state index contributed by atoms with van der Waals surface area (Å²) in [6.07, 6.45) is 0. The van der Waals surface area contributed by atoms with Crippen molar-refractivity contribution in [1.29, 1.82) is 0 Å². The SMILES string of the molecule is Cc1cc(C(C)(C)C)ccc1Oc1nc(Cl)nnc1Cl. The molecule has 20 heavy (non-hydrogen) atoms. The first kappa shape index (κ1) is 15.0. The summed E-state index contributed by atoms with van der Waals surface area (Å²) in [7, 11) is 0. The zero-order chi connectivity index (χ0) is 14.9. The predicted molar refractivity (Wildman–Crippen MR) is 79.8 cm³/mol. The van der Waals surface area contributed by atoms with Crippen LogP contribution in [0.5, 0.6) is 11.6 Å². The number of aromatic nitrogens is 3. The zero-order valence-electron chi connectivity index (χ0n) is 11.7. The fourth-order valence-electron chi connectivity index (χ4n) is 1.68. The number of hydrogen-bond donors (Lipinski definition) is 0. The van der Waals surface area contributed by atoms with Crippen LogP contribution in [0, 0.1) is 6.92 Å². The van der Waals surface area contributed by atoms with E-state index in [0.29, 0.717) is 5.75 Å². The molecular formula is C14H15Cl2N3O. The summed E-state index contributed by atoms with van der Waals surface area (Å²) in [6.45, 7) is 8.45. The van der Waals surface area contributed by atoms with Crippen molar-refractivity contribution >= 4 is 23.2 Å². The Balaban J connectivity index is 2.33. The van der Waals surface area contributed by atoms with Crippen LogP contribution in [0.25, 0.3) is 0 Å². The molecule has 1 aromatic carbocycles. The molecule has 6 heteroatoms. The summed E-state index contributed by atoms with van der Waals surface area (Å²) in [5.74, 6) is 0.815. The van der Waals surface area contributed by atoms with Crippen LogP contribution in [0.4, 0.5) is 0 Å². The number of rotatable bonds is 2. The summed E-state index contributed by atoms with van der Waals surface area (Å²) >= 11 is 11.6. The van der Waals surface area contributed by atoms with Gasteiger partial charge in [0.25, 0.3) is 5.88 Å². The molecule has 0 amide bonds. The van der Waals surface area contributed by atoms with Gasteiger partial charge in [0.05, 0.1) is 0 Å². The molecule has 0 spiro atoms. The molecule has 4 nitrogen and oxygen atoms in total. The minimum atomic E-state index is -0.00614. The third kappa shape index (κ3) is 3.38. The number of halogens is 2.